The van der Waals surface area contributed by atoms with Crippen LogP contribution in [0.3, 0.4) is 0 Å². The maximum atomic E-state index is 12.4. The largest absolute Gasteiger partial charge is 0.379 e. The third-order valence-electron chi connectivity index (χ3n) is 4.49. The minimum absolute atomic E-state index is 0.0557. The van der Waals surface area contributed by atoms with Gasteiger partial charge in [-0.3, -0.25) is 14.5 Å². The van der Waals surface area contributed by atoms with Crippen LogP contribution < -0.4 is 10.6 Å². The Labute approximate surface area is 134 Å². The molecule has 1 aliphatic heterocycles. The molecule has 1 saturated heterocycles. The zero-order valence-electron chi connectivity index (χ0n) is 14.6. The first-order valence-corrected chi connectivity index (χ1v) is 8.17. The Kier molecular flexibility index (Phi) is 7.29. The topological polar surface area (TPSA) is 70.7 Å². The molecule has 1 fully saturated rings. The van der Waals surface area contributed by atoms with E-state index in [9.17, 15) is 9.59 Å². The molecular formula is C16H31N3O3. The summed E-state index contributed by atoms with van der Waals surface area (Å²) in [6, 6.07) is -0.483. The van der Waals surface area contributed by atoms with Gasteiger partial charge >= 0.3 is 0 Å². The molecule has 1 rings (SSSR count). The van der Waals surface area contributed by atoms with Crippen molar-refractivity contribution in [3.8, 4) is 0 Å². The summed E-state index contributed by atoms with van der Waals surface area (Å²) in [5.41, 5.74) is -0.0861. The summed E-state index contributed by atoms with van der Waals surface area (Å²) in [6.07, 6.45) is 0.944. The van der Waals surface area contributed by atoms with E-state index in [1.807, 2.05) is 13.8 Å². The summed E-state index contributed by atoms with van der Waals surface area (Å²) in [5, 5.41) is 5.75. The average Bonchev–Trinajstić information content (AvgIpc) is 2.50. The molecule has 22 heavy (non-hydrogen) atoms. The van der Waals surface area contributed by atoms with Crippen LogP contribution in [-0.2, 0) is 14.3 Å². The van der Waals surface area contributed by atoms with Crippen LogP contribution in [0.1, 0.15) is 41.0 Å². The van der Waals surface area contributed by atoms with Crippen molar-refractivity contribution in [3.63, 3.8) is 0 Å². The van der Waals surface area contributed by atoms with Crippen LogP contribution in [0, 0.1) is 5.92 Å². The van der Waals surface area contributed by atoms with Gasteiger partial charge in [0.25, 0.3) is 0 Å². The number of amides is 2. The number of rotatable bonds is 7. The first-order valence-electron chi connectivity index (χ1n) is 8.17. The fourth-order valence-corrected chi connectivity index (χ4v) is 2.71. The number of ether oxygens (including phenoxy) is 1. The second-order valence-corrected chi connectivity index (χ2v) is 6.59. The van der Waals surface area contributed by atoms with E-state index in [0.29, 0.717) is 6.54 Å². The molecule has 0 saturated carbocycles. The molecule has 0 unspecified atom stereocenters. The summed E-state index contributed by atoms with van der Waals surface area (Å²) in [5.74, 6) is -0.237. The van der Waals surface area contributed by atoms with Crippen LogP contribution in [0.5, 0.6) is 0 Å². The maximum absolute atomic E-state index is 12.4. The SMILES string of the molecule is CC[C@@](C)(CNC(=O)[C@@H](NC(C)=O)C(C)C)N1CCOCC1. The van der Waals surface area contributed by atoms with Crippen LogP contribution in [-0.4, -0.2) is 61.1 Å². The molecule has 0 aliphatic carbocycles. The first kappa shape index (κ1) is 18.9. The van der Waals surface area contributed by atoms with Crippen molar-refractivity contribution in [3.05, 3.63) is 0 Å². The minimum atomic E-state index is -0.483. The number of carbonyl (C=O) groups excluding carboxylic acids is 2. The summed E-state index contributed by atoms with van der Waals surface area (Å²) in [7, 11) is 0. The molecule has 1 aliphatic rings. The van der Waals surface area contributed by atoms with E-state index in [0.717, 1.165) is 32.7 Å². The molecule has 0 aromatic carbocycles. The third-order valence-corrected chi connectivity index (χ3v) is 4.49. The molecule has 2 amide bonds. The van der Waals surface area contributed by atoms with Crippen molar-refractivity contribution in [2.24, 2.45) is 5.92 Å². The lowest BCUT2D eigenvalue weighted by Crippen LogP contribution is -2.59. The Balaban J connectivity index is 2.63. The summed E-state index contributed by atoms with van der Waals surface area (Å²) >= 11 is 0. The lowest BCUT2D eigenvalue weighted by Gasteiger charge is -2.43. The predicted octanol–water partition coefficient (Wildman–Crippen LogP) is 0.764. The normalized spacial score (nSPS) is 20.3. The highest BCUT2D eigenvalue weighted by Crippen LogP contribution is 2.20. The van der Waals surface area contributed by atoms with Crippen LogP contribution in [0.4, 0.5) is 0 Å². The molecule has 128 valence electrons. The smallest absolute Gasteiger partial charge is 0.242 e. The molecule has 2 N–H and O–H groups in total. The highest BCUT2D eigenvalue weighted by molar-refractivity contribution is 5.87. The van der Waals surface area contributed by atoms with Crippen LogP contribution in [0.25, 0.3) is 0 Å². The second-order valence-electron chi connectivity index (χ2n) is 6.59. The van der Waals surface area contributed by atoms with Crippen molar-refractivity contribution < 1.29 is 14.3 Å². The third kappa shape index (κ3) is 5.25. The van der Waals surface area contributed by atoms with Gasteiger partial charge in [-0.1, -0.05) is 20.8 Å². The standard InChI is InChI=1S/C16H31N3O3/c1-6-16(5,19-7-9-22-10-8-19)11-17-15(21)14(12(2)3)18-13(4)20/h12,14H,6-11H2,1-5H3,(H,17,21)(H,18,20)/t14-,16-/m0/s1. The number of hydrogen-bond acceptors (Lipinski definition) is 4. The molecule has 6 heteroatoms. The Morgan fingerprint density at radius 1 is 1.27 bits per heavy atom. The average molecular weight is 313 g/mol. The van der Waals surface area contributed by atoms with Gasteiger partial charge in [0, 0.05) is 32.1 Å². The lowest BCUT2D eigenvalue weighted by atomic mass is 9.95. The quantitative estimate of drug-likeness (QED) is 0.728. The number of morpholine rings is 1. The Morgan fingerprint density at radius 3 is 2.32 bits per heavy atom. The van der Waals surface area contributed by atoms with E-state index in [1.54, 1.807) is 0 Å². The number of nitrogens with zero attached hydrogens (tertiary/aromatic N) is 1. The predicted molar refractivity (Wildman–Crippen MR) is 86.5 cm³/mol. The van der Waals surface area contributed by atoms with Gasteiger partial charge in [0.05, 0.1) is 13.2 Å². The fourth-order valence-electron chi connectivity index (χ4n) is 2.71. The summed E-state index contributed by atoms with van der Waals surface area (Å²) < 4.78 is 5.40. The molecular weight excluding hydrogens is 282 g/mol. The van der Waals surface area contributed by atoms with E-state index >= 15 is 0 Å². The molecule has 0 spiro atoms. The summed E-state index contributed by atoms with van der Waals surface area (Å²) in [6.45, 7) is 13.4. The van der Waals surface area contributed by atoms with Gasteiger partial charge in [-0.05, 0) is 19.3 Å². The van der Waals surface area contributed by atoms with Crippen molar-refractivity contribution in [1.82, 2.24) is 15.5 Å². The van der Waals surface area contributed by atoms with Crippen LogP contribution >= 0.6 is 0 Å². The van der Waals surface area contributed by atoms with E-state index < -0.39 is 6.04 Å². The van der Waals surface area contributed by atoms with Crippen molar-refractivity contribution in [2.45, 2.75) is 52.6 Å². The van der Waals surface area contributed by atoms with Gasteiger partial charge in [0.1, 0.15) is 6.04 Å². The van der Waals surface area contributed by atoms with Crippen molar-refractivity contribution in [2.75, 3.05) is 32.8 Å². The van der Waals surface area contributed by atoms with E-state index in [1.165, 1.54) is 6.92 Å². The highest BCUT2D eigenvalue weighted by Gasteiger charge is 2.33. The molecule has 0 aromatic heterocycles. The molecule has 2 atom stereocenters. The minimum Gasteiger partial charge on any atom is -0.379 e. The maximum Gasteiger partial charge on any atom is 0.242 e. The summed E-state index contributed by atoms with van der Waals surface area (Å²) in [4.78, 5) is 26.0. The number of carbonyl (C=O) groups is 2. The monoisotopic (exact) mass is 313 g/mol. The molecule has 0 radical (unpaired) electrons. The van der Waals surface area contributed by atoms with Gasteiger partial charge in [-0.25, -0.2) is 0 Å². The molecule has 0 bridgehead atoms. The fraction of sp³-hybridized carbons (Fsp3) is 0.875. The van der Waals surface area contributed by atoms with Crippen LogP contribution in [0.15, 0.2) is 0 Å². The van der Waals surface area contributed by atoms with E-state index in [4.69, 9.17) is 4.74 Å². The number of hydrogen-bond donors (Lipinski definition) is 2. The zero-order chi connectivity index (χ0) is 16.8. The first-order chi connectivity index (χ1) is 10.3. The second kappa shape index (κ2) is 8.48. The van der Waals surface area contributed by atoms with Crippen LogP contribution in [0.2, 0.25) is 0 Å². The van der Waals surface area contributed by atoms with Gasteiger partial charge < -0.3 is 15.4 Å². The number of nitrogens with one attached hydrogen (secondary N) is 2. The molecule has 1 heterocycles. The van der Waals surface area contributed by atoms with Crippen molar-refractivity contribution >= 4 is 11.8 Å². The highest BCUT2D eigenvalue weighted by atomic mass is 16.5. The van der Waals surface area contributed by atoms with Gasteiger partial charge in [-0.2, -0.15) is 0 Å². The lowest BCUT2D eigenvalue weighted by molar-refractivity contribution is -0.129. The Hall–Kier alpha value is -1.14. The van der Waals surface area contributed by atoms with Gasteiger partial charge in [-0.15, -0.1) is 0 Å². The van der Waals surface area contributed by atoms with Gasteiger partial charge in [0.2, 0.25) is 11.8 Å². The zero-order valence-corrected chi connectivity index (χ0v) is 14.6. The molecule has 6 nitrogen and oxygen atoms in total. The van der Waals surface area contributed by atoms with E-state index in [-0.39, 0.29) is 23.3 Å². The van der Waals surface area contributed by atoms with Crippen molar-refractivity contribution in [1.29, 1.82) is 0 Å². The Bertz CT molecular complexity index is 381. The van der Waals surface area contributed by atoms with E-state index in [2.05, 4.69) is 29.4 Å². The van der Waals surface area contributed by atoms with Gasteiger partial charge in [0.15, 0.2) is 0 Å². The Morgan fingerprint density at radius 2 is 1.86 bits per heavy atom. The molecule has 0 aromatic rings.